The van der Waals surface area contributed by atoms with E-state index < -0.39 is 12.1 Å². The van der Waals surface area contributed by atoms with Crippen molar-refractivity contribution in [2.24, 2.45) is 0 Å². The summed E-state index contributed by atoms with van der Waals surface area (Å²) >= 11 is 1.32. The van der Waals surface area contributed by atoms with Gasteiger partial charge >= 0.3 is 5.97 Å². The Morgan fingerprint density at radius 2 is 1.85 bits per heavy atom. The normalized spacial score (nSPS) is 15.5. The van der Waals surface area contributed by atoms with Crippen LogP contribution in [-0.2, 0) is 9.53 Å². The van der Waals surface area contributed by atoms with E-state index in [0.29, 0.717) is 22.1 Å². The summed E-state index contributed by atoms with van der Waals surface area (Å²) in [4.78, 5) is 24.9. The van der Waals surface area contributed by atoms with Gasteiger partial charge in [-0.3, -0.25) is 4.79 Å². The Kier molecular flexibility index (Phi) is 4.22. The van der Waals surface area contributed by atoms with Gasteiger partial charge in [0.25, 0.3) is 5.91 Å². The van der Waals surface area contributed by atoms with Crippen molar-refractivity contribution >= 4 is 38.3 Å². The highest BCUT2D eigenvalue weighted by atomic mass is 32.1. The molecule has 0 fully saturated rings. The lowest BCUT2D eigenvalue weighted by atomic mass is 10.1. The van der Waals surface area contributed by atoms with E-state index in [4.69, 9.17) is 14.2 Å². The zero-order valence-electron chi connectivity index (χ0n) is 13.9. The molecule has 1 N–H and O–H groups in total. The number of methoxy groups -OCH3 is 1. The Morgan fingerprint density at radius 3 is 2.65 bits per heavy atom. The van der Waals surface area contributed by atoms with Crippen molar-refractivity contribution < 1.29 is 23.8 Å². The van der Waals surface area contributed by atoms with Gasteiger partial charge < -0.3 is 19.5 Å². The number of hydrogen-bond acceptors (Lipinski definition) is 6. The number of carbonyl (C=O) groups is 2. The number of para-hydroxylation sites is 2. The third-order valence-corrected chi connectivity index (χ3v) is 5.11. The van der Waals surface area contributed by atoms with E-state index in [2.05, 4.69) is 5.32 Å². The molecule has 26 heavy (non-hydrogen) atoms. The summed E-state index contributed by atoms with van der Waals surface area (Å²) in [6.07, 6.45) is -0.805. The first kappa shape index (κ1) is 16.4. The molecule has 1 aliphatic heterocycles. The van der Waals surface area contributed by atoms with Crippen molar-refractivity contribution in [2.75, 3.05) is 19.0 Å². The smallest absolute Gasteiger partial charge is 0.341 e. The second kappa shape index (κ2) is 6.68. The second-order valence-corrected chi connectivity index (χ2v) is 6.70. The number of esters is 1. The van der Waals surface area contributed by atoms with Crippen LogP contribution in [0.4, 0.5) is 5.00 Å². The quantitative estimate of drug-likeness (QED) is 0.716. The number of nitrogens with one attached hydrogen (secondary N) is 1. The maximum absolute atomic E-state index is 12.7. The van der Waals surface area contributed by atoms with Crippen molar-refractivity contribution in [1.82, 2.24) is 0 Å². The topological polar surface area (TPSA) is 73.9 Å². The monoisotopic (exact) mass is 369 g/mol. The molecule has 0 saturated carbocycles. The lowest BCUT2D eigenvalue weighted by Gasteiger charge is -2.25. The first-order valence-corrected chi connectivity index (χ1v) is 8.78. The summed E-state index contributed by atoms with van der Waals surface area (Å²) < 4.78 is 17.1. The van der Waals surface area contributed by atoms with Crippen LogP contribution in [0.3, 0.4) is 0 Å². The fourth-order valence-corrected chi connectivity index (χ4v) is 3.87. The van der Waals surface area contributed by atoms with Gasteiger partial charge in [0, 0.05) is 10.1 Å². The SMILES string of the molecule is COC(=O)c1c(NC(=O)[C@H]2COc3ccccc3O2)sc2ccccc12. The molecule has 1 atom stereocenters. The Hall–Kier alpha value is -3.06. The lowest BCUT2D eigenvalue weighted by molar-refractivity contribution is -0.125. The molecule has 1 amide bonds. The van der Waals surface area contributed by atoms with Crippen LogP contribution >= 0.6 is 11.3 Å². The van der Waals surface area contributed by atoms with E-state index in [9.17, 15) is 9.59 Å². The first-order valence-electron chi connectivity index (χ1n) is 7.96. The molecule has 4 rings (SSSR count). The fraction of sp³-hybridized carbons (Fsp3) is 0.158. The Morgan fingerprint density at radius 1 is 1.12 bits per heavy atom. The number of anilines is 1. The van der Waals surface area contributed by atoms with Gasteiger partial charge in [-0.2, -0.15) is 0 Å². The van der Waals surface area contributed by atoms with Crippen LogP contribution < -0.4 is 14.8 Å². The van der Waals surface area contributed by atoms with Crippen LogP contribution in [0.15, 0.2) is 48.5 Å². The van der Waals surface area contributed by atoms with Crippen molar-refractivity contribution in [1.29, 1.82) is 0 Å². The van der Waals surface area contributed by atoms with E-state index in [1.807, 2.05) is 36.4 Å². The molecule has 132 valence electrons. The summed E-state index contributed by atoms with van der Waals surface area (Å²) in [7, 11) is 1.31. The minimum atomic E-state index is -0.805. The number of thiophene rings is 1. The van der Waals surface area contributed by atoms with E-state index in [1.165, 1.54) is 18.4 Å². The molecular formula is C19H15NO5S. The van der Waals surface area contributed by atoms with E-state index in [0.717, 1.165) is 10.1 Å². The van der Waals surface area contributed by atoms with Gasteiger partial charge in [-0.25, -0.2) is 4.79 Å². The minimum Gasteiger partial charge on any atom is -0.485 e. The van der Waals surface area contributed by atoms with E-state index in [1.54, 1.807) is 12.1 Å². The van der Waals surface area contributed by atoms with Gasteiger partial charge in [-0.1, -0.05) is 30.3 Å². The van der Waals surface area contributed by atoms with Crippen LogP contribution in [0.5, 0.6) is 11.5 Å². The molecule has 0 aliphatic carbocycles. The molecule has 0 radical (unpaired) electrons. The second-order valence-electron chi connectivity index (χ2n) is 5.65. The summed E-state index contributed by atoms with van der Waals surface area (Å²) in [6.45, 7) is 0.0985. The molecule has 7 heteroatoms. The maximum Gasteiger partial charge on any atom is 0.341 e. The van der Waals surface area contributed by atoms with Crippen molar-refractivity contribution in [3.8, 4) is 11.5 Å². The number of benzene rings is 2. The summed E-state index contributed by atoms with van der Waals surface area (Å²) in [5, 5.41) is 3.97. The molecule has 0 unspecified atom stereocenters. The van der Waals surface area contributed by atoms with Gasteiger partial charge in [0.15, 0.2) is 11.5 Å². The number of ether oxygens (including phenoxy) is 3. The standard InChI is InChI=1S/C19H15NO5S/c1-23-19(22)16-11-6-2-5-9-15(11)26-18(16)20-17(21)14-10-24-12-7-3-4-8-13(12)25-14/h2-9,14H,10H2,1H3,(H,20,21)/t14-/m1/s1. The van der Waals surface area contributed by atoms with Gasteiger partial charge in [-0.15, -0.1) is 11.3 Å². The Balaban J connectivity index is 1.61. The van der Waals surface area contributed by atoms with E-state index >= 15 is 0 Å². The maximum atomic E-state index is 12.7. The van der Waals surface area contributed by atoms with Crippen LogP contribution in [-0.4, -0.2) is 31.7 Å². The predicted octanol–water partition coefficient (Wildman–Crippen LogP) is 3.47. The molecule has 3 aromatic rings. The number of carbonyl (C=O) groups excluding carboxylic acids is 2. The van der Waals surface area contributed by atoms with Gasteiger partial charge in [-0.05, 0) is 18.2 Å². The molecule has 1 aliphatic rings. The molecular weight excluding hydrogens is 354 g/mol. The molecule has 2 heterocycles. The molecule has 1 aromatic heterocycles. The number of fused-ring (bicyclic) bond motifs is 2. The predicted molar refractivity (Wildman–Crippen MR) is 98.1 cm³/mol. The number of amides is 1. The molecule has 2 aromatic carbocycles. The largest absolute Gasteiger partial charge is 0.485 e. The van der Waals surface area contributed by atoms with Gasteiger partial charge in [0.2, 0.25) is 6.10 Å². The number of rotatable bonds is 3. The average molecular weight is 369 g/mol. The van der Waals surface area contributed by atoms with Gasteiger partial charge in [0.05, 0.1) is 7.11 Å². The Labute approximate surface area is 153 Å². The minimum absolute atomic E-state index is 0.0985. The van der Waals surface area contributed by atoms with Crippen molar-refractivity contribution in [3.63, 3.8) is 0 Å². The van der Waals surface area contributed by atoms with Crippen LogP contribution in [0.2, 0.25) is 0 Å². The zero-order valence-corrected chi connectivity index (χ0v) is 14.7. The van der Waals surface area contributed by atoms with Crippen LogP contribution in [0, 0.1) is 0 Å². The highest BCUT2D eigenvalue weighted by molar-refractivity contribution is 7.23. The summed E-state index contributed by atoms with van der Waals surface area (Å²) in [5.74, 6) is 0.247. The van der Waals surface area contributed by atoms with Crippen molar-refractivity contribution in [3.05, 3.63) is 54.1 Å². The summed E-state index contributed by atoms with van der Waals surface area (Å²) in [6, 6.07) is 14.6. The highest BCUT2D eigenvalue weighted by Crippen LogP contribution is 2.37. The number of hydrogen-bond donors (Lipinski definition) is 1. The molecule has 0 spiro atoms. The average Bonchev–Trinajstić information content (AvgIpc) is 3.04. The third kappa shape index (κ3) is 2.86. The summed E-state index contributed by atoms with van der Waals surface area (Å²) in [5.41, 5.74) is 0.346. The molecule has 0 bridgehead atoms. The van der Waals surface area contributed by atoms with Crippen molar-refractivity contribution in [2.45, 2.75) is 6.10 Å². The zero-order chi connectivity index (χ0) is 18.1. The van der Waals surface area contributed by atoms with Crippen LogP contribution in [0.25, 0.3) is 10.1 Å². The fourth-order valence-electron chi connectivity index (χ4n) is 2.78. The molecule has 0 saturated heterocycles. The molecule has 6 nitrogen and oxygen atoms in total. The van der Waals surface area contributed by atoms with E-state index in [-0.39, 0.29) is 12.5 Å². The highest BCUT2D eigenvalue weighted by Gasteiger charge is 2.29. The lowest BCUT2D eigenvalue weighted by Crippen LogP contribution is -2.40. The van der Waals surface area contributed by atoms with Gasteiger partial charge in [0.1, 0.15) is 17.2 Å². The van der Waals surface area contributed by atoms with Crippen LogP contribution in [0.1, 0.15) is 10.4 Å². The Bertz CT molecular complexity index is 997. The third-order valence-electron chi connectivity index (χ3n) is 4.02. The first-order chi connectivity index (χ1) is 12.7.